The molecular weight excluding hydrogens is 240 g/mol. The van der Waals surface area contributed by atoms with Gasteiger partial charge in [-0.15, -0.1) is 0 Å². The van der Waals surface area contributed by atoms with Crippen molar-refractivity contribution in [2.75, 3.05) is 13.1 Å². The normalized spacial score (nSPS) is 20.8. The van der Waals surface area contributed by atoms with Crippen molar-refractivity contribution >= 4 is 0 Å². The Morgan fingerprint density at radius 3 is 3.05 bits per heavy atom. The summed E-state index contributed by atoms with van der Waals surface area (Å²) in [5, 5.41) is 11.2. The molecule has 0 bridgehead atoms. The highest BCUT2D eigenvalue weighted by atomic mass is 16.5. The third-order valence-corrected chi connectivity index (χ3v) is 4.03. The highest BCUT2D eigenvalue weighted by molar-refractivity contribution is 5.21. The van der Waals surface area contributed by atoms with E-state index in [0.717, 1.165) is 31.1 Å². The number of nitrogens with zero attached hydrogens (tertiary/aromatic N) is 3. The number of piperidine rings is 1. The molecule has 0 aliphatic carbocycles. The summed E-state index contributed by atoms with van der Waals surface area (Å²) in [5.74, 6) is 1.51. The summed E-state index contributed by atoms with van der Waals surface area (Å²) in [4.78, 5) is 2.49. The predicted molar refractivity (Wildman–Crippen MR) is 71.8 cm³/mol. The zero-order chi connectivity index (χ0) is 13.2. The summed E-state index contributed by atoms with van der Waals surface area (Å²) in [6.45, 7) is 7.17. The van der Waals surface area contributed by atoms with Gasteiger partial charge < -0.3 is 4.52 Å². The standard InChI is InChI=1S/C14H20N4O/c1-10-13(11(2)19-17-10)9-18-7-3-4-12(8-18)14-5-6-15-16-14/h5-6,12H,3-4,7-9H2,1-2H3,(H,15,16)/t12-/m1/s1. The fraction of sp³-hybridized carbons (Fsp3) is 0.571. The average molecular weight is 260 g/mol. The van der Waals surface area contributed by atoms with Gasteiger partial charge in [0.1, 0.15) is 5.76 Å². The van der Waals surface area contributed by atoms with E-state index in [0.29, 0.717) is 5.92 Å². The van der Waals surface area contributed by atoms with Crippen LogP contribution in [0, 0.1) is 13.8 Å². The fourth-order valence-electron chi connectivity index (χ4n) is 2.90. The van der Waals surface area contributed by atoms with Crippen LogP contribution in [0.15, 0.2) is 16.8 Å². The molecule has 2 aromatic rings. The van der Waals surface area contributed by atoms with Crippen LogP contribution in [0.3, 0.4) is 0 Å². The lowest BCUT2D eigenvalue weighted by molar-refractivity contribution is 0.197. The Morgan fingerprint density at radius 2 is 2.37 bits per heavy atom. The van der Waals surface area contributed by atoms with E-state index in [1.165, 1.54) is 24.1 Å². The van der Waals surface area contributed by atoms with Gasteiger partial charge in [0, 0.05) is 36.5 Å². The van der Waals surface area contributed by atoms with Crippen molar-refractivity contribution in [3.05, 3.63) is 35.0 Å². The molecule has 1 aliphatic heterocycles. The largest absolute Gasteiger partial charge is 0.361 e. The van der Waals surface area contributed by atoms with Crippen molar-refractivity contribution in [3.8, 4) is 0 Å². The lowest BCUT2D eigenvalue weighted by Crippen LogP contribution is -2.34. The Hall–Kier alpha value is -1.62. The number of H-pyrrole nitrogens is 1. The van der Waals surface area contributed by atoms with E-state index in [1.54, 1.807) is 0 Å². The molecule has 102 valence electrons. The van der Waals surface area contributed by atoms with E-state index in [2.05, 4.69) is 26.3 Å². The number of aromatic amines is 1. The number of rotatable bonds is 3. The molecule has 0 saturated carbocycles. The second-order valence-corrected chi connectivity index (χ2v) is 5.39. The maximum Gasteiger partial charge on any atom is 0.138 e. The Kier molecular flexibility index (Phi) is 3.38. The van der Waals surface area contributed by atoms with Gasteiger partial charge in [0.25, 0.3) is 0 Å². The summed E-state index contributed by atoms with van der Waals surface area (Å²) in [6.07, 6.45) is 4.30. The topological polar surface area (TPSA) is 58.0 Å². The molecule has 1 saturated heterocycles. The smallest absolute Gasteiger partial charge is 0.138 e. The maximum absolute atomic E-state index is 5.24. The van der Waals surface area contributed by atoms with Crippen LogP contribution in [-0.4, -0.2) is 33.3 Å². The third kappa shape index (κ3) is 2.56. The van der Waals surface area contributed by atoms with E-state index in [-0.39, 0.29) is 0 Å². The number of likely N-dealkylation sites (tertiary alicyclic amines) is 1. The summed E-state index contributed by atoms with van der Waals surface area (Å²) in [5.41, 5.74) is 3.51. The van der Waals surface area contributed by atoms with Crippen LogP contribution in [0.4, 0.5) is 0 Å². The van der Waals surface area contributed by atoms with Gasteiger partial charge in [-0.05, 0) is 39.3 Å². The summed E-state index contributed by atoms with van der Waals surface area (Å²) in [7, 11) is 0. The molecule has 19 heavy (non-hydrogen) atoms. The van der Waals surface area contributed by atoms with E-state index in [1.807, 2.05) is 20.0 Å². The molecule has 0 unspecified atom stereocenters. The number of aryl methyl sites for hydroxylation is 2. The van der Waals surface area contributed by atoms with Crippen molar-refractivity contribution in [2.24, 2.45) is 0 Å². The van der Waals surface area contributed by atoms with Gasteiger partial charge in [0.15, 0.2) is 0 Å². The van der Waals surface area contributed by atoms with Gasteiger partial charge in [-0.1, -0.05) is 5.16 Å². The Balaban J connectivity index is 1.69. The second-order valence-electron chi connectivity index (χ2n) is 5.39. The quantitative estimate of drug-likeness (QED) is 0.920. The highest BCUT2D eigenvalue weighted by Crippen LogP contribution is 2.27. The van der Waals surface area contributed by atoms with E-state index < -0.39 is 0 Å². The summed E-state index contributed by atoms with van der Waals surface area (Å²) in [6, 6.07) is 2.09. The SMILES string of the molecule is Cc1noc(C)c1CN1CCC[C@@H](c2ccn[nH]2)C1. The summed E-state index contributed by atoms with van der Waals surface area (Å²) < 4.78 is 5.24. The van der Waals surface area contributed by atoms with E-state index in [4.69, 9.17) is 4.52 Å². The Labute approximate surface area is 113 Å². The van der Waals surface area contributed by atoms with Crippen LogP contribution in [0.25, 0.3) is 0 Å². The van der Waals surface area contributed by atoms with Gasteiger partial charge in [-0.2, -0.15) is 5.10 Å². The first-order valence-electron chi connectivity index (χ1n) is 6.87. The van der Waals surface area contributed by atoms with E-state index >= 15 is 0 Å². The van der Waals surface area contributed by atoms with Crippen molar-refractivity contribution in [1.82, 2.24) is 20.3 Å². The van der Waals surface area contributed by atoms with Gasteiger partial charge >= 0.3 is 0 Å². The minimum absolute atomic E-state index is 0.566. The first-order valence-corrected chi connectivity index (χ1v) is 6.87. The highest BCUT2D eigenvalue weighted by Gasteiger charge is 2.23. The van der Waals surface area contributed by atoms with Gasteiger partial charge in [0.2, 0.25) is 0 Å². The van der Waals surface area contributed by atoms with Crippen LogP contribution in [0.5, 0.6) is 0 Å². The maximum atomic E-state index is 5.24. The van der Waals surface area contributed by atoms with Crippen LogP contribution >= 0.6 is 0 Å². The van der Waals surface area contributed by atoms with Gasteiger partial charge in [0.05, 0.1) is 5.69 Å². The van der Waals surface area contributed by atoms with Crippen LogP contribution < -0.4 is 0 Å². The molecule has 5 heteroatoms. The van der Waals surface area contributed by atoms with Crippen molar-refractivity contribution in [3.63, 3.8) is 0 Å². The van der Waals surface area contributed by atoms with Crippen molar-refractivity contribution in [2.45, 2.75) is 39.2 Å². The van der Waals surface area contributed by atoms with Crippen LogP contribution in [0.2, 0.25) is 0 Å². The number of hydrogen-bond donors (Lipinski definition) is 1. The Morgan fingerprint density at radius 1 is 1.47 bits per heavy atom. The minimum atomic E-state index is 0.566. The first kappa shape index (κ1) is 12.4. The lowest BCUT2D eigenvalue weighted by atomic mass is 9.94. The molecular formula is C14H20N4O. The van der Waals surface area contributed by atoms with Gasteiger partial charge in [-0.25, -0.2) is 0 Å². The van der Waals surface area contributed by atoms with E-state index in [9.17, 15) is 0 Å². The third-order valence-electron chi connectivity index (χ3n) is 4.03. The van der Waals surface area contributed by atoms with Crippen molar-refractivity contribution in [1.29, 1.82) is 0 Å². The summed E-state index contributed by atoms with van der Waals surface area (Å²) >= 11 is 0. The molecule has 2 aromatic heterocycles. The monoisotopic (exact) mass is 260 g/mol. The molecule has 3 rings (SSSR count). The number of hydrogen-bond acceptors (Lipinski definition) is 4. The minimum Gasteiger partial charge on any atom is -0.361 e. The molecule has 0 amide bonds. The molecule has 1 aliphatic rings. The predicted octanol–water partition coefficient (Wildman–Crippen LogP) is 2.39. The fourth-order valence-corrected chi connectivity index (χ4v) is 2.90. The van der Waals surface area contributed by atoms with Crippen LogP contribution in [0.1, 0.15) is 41.5 Å². The molecule has 5 nitrogen and oxygen atoms in total. The first-order chi connectivity index (χ1) is 9.24. The molecule has 1 atom stereocenters. The van der Waals surface area contributed by atoms with Crippen LogP contribution in [-0.2, 0) is 6.54 Å². The van der Waals surface area contributed by atoms with Gasteiger partial charge in [-0.3, -0.25) is 10.00 Å². The zero-order valence-corrected chi connectivity index (χ0v) is 11.5. The Bertz CT molecular complexity index is 512. The molecule has 1 N–H and O–H groups in total. The molecule has 0 spiro atoms. The average Bonchev–Trinajstić information content (AvgIpc) is 3.05. The molecule has 0 aromatic carbocycles. The molecule has 1 fully saturated rings. The lowest BCUT2D eigenvalue weighted by Gasteiger charge is -2.32. The number of nitrogens with one attached hydrogen (secondary N) is 1. The van der Waals surface area contributed by atoms with Crippen molar-refractivity contribution < 1.29 is 4.52 Å². The number of aromatic nitrogens is 3. The second kappa shape index (κ2) is 5.17. The molecule has 0 radical (unpaired) electrons. The molecule has 3 heterocycles. The zero-order valence-electron chi connectivity index (χ0n) is 11.5.